The fourth-order valence-electron chi connectivity index (χ4n) is 7.63. The normalized spacial score (nSPS) is 24.3. The predicted octanol–water partition coefficient (Wildman–Crippen LogP) is 6.41. The smallest absolute Gasteiger partial charge is 0.459 e. The van der Waals surface area contributed by atoms with Gasteiger partial charge in [-0.05, 0) is 90.8 Å². The highest BCUT2D eigenvalue weighted by Crippen LogP contribution is 2.48. The molecule has 3 aliphatic rings. The number of rotatable bonds is 20. The summed E-state index contributed by atoms with van der Waals surface area (Å²) in [4.78, 5) is 41.9. The molecule has 0 radical (unpaired) electrons. The number of aromatic nitrogens is 5. The van der Waals surface area contributed by atoms with E-state index in [1.807, 2.05) is 6.07 Å². The largest absolute Gasteiger partial charge is 0.462 e. The molecule has 25 heteroatoms. The third-order valence-corrected chi connectivity index (χ3v) is 14.4. The van der Waals surface area contributed by atoms with Crippen LogP contribution in [-0.4, -0.2) is 119 Å². The summed E-state index contributed by atoms with van der Waals surface area (Å²) in [6.45, 7) is 9.31. The molecular formula is C47H62N8O15P2. The van der Waals surface area contributed by atoms with Crippen molar-refractivity contribution >= 4 is 50.6 Å². The minimum Gasteiger partial charge on any atom is -0.462 e. The molecule has 5 aromatic rings. The van der Waals surface area contributed by atoms with Gasteiger partial charge in [-0.2, -0.15) is 10.2 Å². The van der Waals surface area contributed by atoms with Crippen LogP contribution in [0.25, 0.3) is 11.2 Å². The van der Waals surface area contributed by atoms with E-state index in [1.54, 1.807) is 122 Å². The highest BCUT2D eigenvalue weighted by atomic mass is 31.2. The first kappa shape index (κ1) is 54.4. The first-order chi connectivity index (χ1) is 34.4. The molecule has 0 spiro atoms. The molecule has 8 rings (SSSR count). The third-order valence-electron chi connectivity index (χ3n) is 11.1. The van der Waals surface area contributed by atoms with Crippen LogP contribution in [0.5, 0.6) is 11.5 Å². The molecule has 0 bridgehead atoms. The Hall–Kier alpha value is -5.42. The highest BCUT2D eigenvalue weighted by Gasteiger charge is 2.42. The van der Waals surface area contributed by atoms with Crippen LogP contribution in [0.2, 0.25) is 0 Å². The number of nitrogens with one attached hydrogen (secondary N) is 2. The van der Waals surface area contributed by atoms with Gasteiger partial charge in [0.25, 0.3) is 0 Å². The summed E-state index contributed by atoms with van der Waals surface area (Å²) in [6, 6.07) is 18.5. The van der Waals surface area contributed by atoms with E-state index in [-0.39, 0.29) is 49.8 Å². The number of carbonyl (C=O) groups is 2. The SMILES string of the molecule is CC(C)OC(=O)[C@@H](C)NP(=O)(OC[C@H]1O[C@@H](n2cnc3c2N=CCC[C@H]3O)C[C@@H]1O)Oc1ccccc1.CC(C)OC(=O)[C@@H](C)NP(=O)(OC[C@H]1O[C@@H](n2cnc3cccnc32)C[C@@H]1O)Oc1ccccc1. The molecule has 72 heavy (non-hydrogen) atoms. The van der Waals surface area contributed by atoms with Gasteiger partial charge in [-0.25, -0.2) is 29.1 Å². The van der Waals surface area contributed by atoms with E-state index in [4.69, 9.17) is 37.0 Å². The van der Waals surface area contributed by atoms with Gasteiger partial charge in [0.2, 0.25) is 0 Å². The number of imidazole rings is 2. The Labute approximate surface area is 416 Å². The van der Waals surface area contributed by atoms with Crippen LogP contribution in [0.15, 0.2) is 96.6 Å². The average molecular weight is 1040 g/mol. The molecule has 6 heterocycles. The fourth-order valence-corrected chi connectivity index (χ4v) is 10.6. The molecule has 2 aromatic carbocycles. The molecule has 11 atom stereocenters. The van der Waals surface area contributed by atoms with Gasteiger partial charge < -0.3 is 43.3 Å². The molecule has 23 nitrogen and oxygen atoms in total. The molecular weight excluding hydrogens is 979 g/mol. The zero-order chi connectivity index (χ0) is 51.6. The summed E-state index contributed by atoms with van der Waals surface area (Å²) in [5.74, 6) is -0.185. The van der Waals surface area contributed by atoms with E-state index < -0.39 is 82.5 Å². The van der Waals surface area contributed by atoms with Crippen molar-refractivity contribution in [2.24, 2.45) is 4.99 Å². The minimum atomic E-state index is -4.10. The lowest BCUT2D eigenvalue weighted by atomic mass is 10.1. The van der Waals surface area contributed by atoms with Crippen molar-refractivity contribution in [1.29, 1.82) is 0 Å². The number of hydrogen-bond acceptors (Lipinski definition) is 19. The molecule has 0 saturated carbocycles. The maximum Gasteiger partial charge on any atom is 0.459 e. The van der Waals surface area contributed by atoms with Crippen molar-refractivity contribution in [1.82, 2.24) is 34.3 Å². The van der Waals surface area contributed by atoms with Crippen LogP contribution in [0, 0.1) is 0 Å². The number of esters is 2. The molecule has 3 aromatic heterocycles. The van der Waals surface area contributed by atoms with Crippen LogP contribution in [-0.2, 0) is 46.7 Å². The number of carbonyl (C=O) groups excluding carboxylic acids is 2. The van der Waals surface area contributed by atoms with Gasteiger partial charge in [0, 0.05) is 25.3 Å². The van der Waals surface area contributed by atoms with Crippen LogP contribution >= 0.6 is 15.5 Å². The van der Waals surface area contributed by atoms with E-state index >= 15 is 0 Å². The van der Waals surface area contributed by atoms with Crippen LogP contribution in [0.3, 0.4) is 0 Å². The number of pyridine rings is 1. The summed E-state index contributed by atoms with van der Waals surface area (Å²) in [5.41, 5.74) is 1.79. The molecule has 2 saturated heterocycles. The van der Waals surface area contributed by atoms with E-state index in [0.717, 1.165) is 0 Å². The summed E-state index contributed by atoms with van der Waals surface area (Å²) < 4.78 is 75.6. The second-order valence-electron chi connectivity index (χ2n) is 17.7. The number of fused-ring (bicyclic) bond motifs is 2. The molecule has 390 valence electrons. The van der Waals surface area contributed by atoms with Crippen molar-refractivity contribution in [3.63, 3.8) is 0 Å². The Morgan fingerprint density at radius 1 is 0.694 bits per heavy atom. The van der Waals surface area contributed by atoms with Crippen LogP contribution in [0.4, 0.5) is 5.82 Å². The van der Waals surface area contributed by atoms with Crippen molar-refractivity contribution in [2.45, 2.75) is 134 Å². The van der Waals surface area contributed by atoms with Crippen molar-refractivity contribution < 1.29 is 71.1 Å². The van der Waals surface area contributed by atoms with Gasteiger partial charge in [-0.3, -0.25) is 27.8 Å². The van der Waals surface area contributed by atoms with Gasteiger partial charge in [0.1, 0.15) is 65.6 Å². The average Bonchev–Trinajstić information content (AvgIpc) is 4.12. The predicted molar refractivity (Wildman–Crippen MR) is 260 cm³/mol. The number of ether oxygens (including phenoxy) is 4. The number of nitrogens with zero attached hydrogens (tertiary/aromatic N) is 6. The van der Waals surface area contributed by atoms with Gasteiger partial charge in [0.15, 0.2) is 11.5 Å². The lowest BCUT2D eigenvalue weighted by molar-refractivity contribution is -0.150. The molecule has 2 fully saturated rings. The van der Waals surface area contributed by atoms with Gasteiger partial charge in [-0.1, -0.05) is 36.4 Å². The minimum absolute atomic E-state index is 0.205. The van der Waals surface area contributed by atoms with Crippen molar-refractivity contribution in [2.75, 3.05) is 13.2 Å². The van der Waals surface area contributed by atoms with Crippen LogP contribution < -0.4 is 19.2 Å². The number of aliphatic imine (C=N–C) groups is 1. The second-order valence-corrected chi connectivity index (χ2v) is 21.1. The lowest BCUT2D eigenvalue weighted by Crippen LogP contribution is -2.37. The van der Waals surface area contributed by atoms with Crippen molar-refractivity contribution in [3.8, 4) is 11.5 Å². The standard InChI is InChI=1S/C24H33N4O8P.C23H29N4O7P/c1-15(2)34-24(31)16(3)27-37(32,36-17-8-5-4-6-9-17)33-13-20-19(30)12-21(35-20)28-14-26-22-18(29)10-7-11-25-23(22)28;1-15(2)32-23(29)16(3)26-35(30,34-17-8-5-4-6-9-17)31-13-20-19(28)12-21(33-20)27-14-25-18-10-7-11-24-22(18)27/h4-6,8-9,11,14-16,18-21,29-30H,7,10,12-13H2,1-3H3,(H,27,32);4-11,14-16,19-21,28H,12-13H2,1-3H3,(H,26,30)/t16-,18-,19+,20-,21-,37?;16-,19+,20-,21-,35?/m11/s1. The van der Waals surface area contributed by atoms with E-state index in [2.05, 4.69) is 30.1 Å². The quantitative estimate of drug-likeness (QED) is 0.0416. The molecule has 5 N–H and O–H groups in total. The molecule has 0 amide bonds. The zero-order valence-corrected chi connectivity index (χ0v) is 42.4. The first-order valence-electron chi connectivity index (χ1n) is 23.6. The van der Waals surface area contributed by atoms with Crippen LogP contribution in [0.1, 0.15) is 91.5 Å². The Morgan fingerprint density at radius 3 is 1.71 bits per heavy atom. The van der Waals surface area contributed by atoms with Gasteiger partial charge in [0.05, 0.1) is 50.3 Å². The lowest BCUT2D eigenvalue weighted by Gasteiger charge is -2.25. The van der Waals surface area contributed by atoms with Gasteiger partial charge in [-0.15, -0.1) is 0 Å². The maximum atomic E-state index is 13.7. The zero-order valence-electron chi connectivity index (χ0n) is 40.6. The summed E-state index contributed by atoms with van der Waals surface area (Å²) in [5, 5.41) is 36.8. The Bertz CT molecular complexity index is 2690. The number of aliphatic hydroxyl groups excluding tert-OH is 3. The Kier molecular flexibility index (Phi) is 18.5. The third kappa shape index (κ3) is 14.4. The first-order valence-corrected chi connectivity index (χ1v) is 26.6. The molecule has 2 unspecified atom stereocenters. The fraction of sp³-hybridized carbons (Fsp3) is 0.489. The maximum absolute atomic E-state index is 13.7. The number of aliphatic hydroxyl groups is 3. The summed E-state index contributed by atoms with van der Waals surface area (Å²) in [7, 11) is -8.17. The highest BCUT2D eigenvalue weighted by molar-refractivity contribution is 7.52. The van der Waals surface area contributed by atoms with Gasteiger partial charge >= 0.3 is 27.4 Å². The number of para-hydroxylation sites is 2. The summed E-state index contributed by atoms with van der Waals surface area (Å²) >= 11 is 0. The number of hydrogen-bond donors (Lipinski definition) is 5. The van der Waals surface area contributed by atoms with E-state index in [1.165, 1.54) is 20.2 Å². The van der Waals surface area contributed by atoms with E-state index in [0.29, 0.717) is 35.5 Å². The second kappa shape index (κ2) is 24.5. The summed E-state index contributed by atoms with van der Waals surface area (Å²) in [6.07, 6.45) is 2.04. The Morgan fingerprint density at radius 2 is 1.19 bits per heavy atom. The van der Waals surface area contributed by atoms with E-state index in [9.17, 15) is 34.0 Å². The monoisotopic (exact) mass is 1040 g/mol. The van der Waals surface area contributed by atoms with Crippen molar-refractivity contribution in [3.05, 3.63) is 97.3 Å². The molecule has 0 aliphatic carbocycles. The Balaban J connectivity index is 0.000000212. The topological polar surface area (TPSA) is 288 Å². The molecule has 3 aliphatic heterocycles. The number of benzene rings is 2.